The number of fused-ring (bicyclic) bond motifs is 2. The van der Waals surface area contributed by atoms with Crippen LogP contribution in [0.25, 0.3) is 21.9 Å². The van der Waals surface area contributed by atoms with Gasteiger partial charge in [0, 0.05) is 30.2 Å². The number of pyridine rings is 1. The Hall–Kier alpha value is -3.05. The summed E-state index contributed by atoms with van der Waals surface area (Å²) in [6.07, 6.45) is 1.53. The van der Waals surface area contributed by atoms with E-state index in [1.54, 1.807) is 0 Å². The smallest absolute Gasteiger partial charge is 0.253 e. The van der Waals surface area contributed by atoms with Crippen molar-refractivity contribution in [2.75, 3.05) is 26.2 Å². The van der Waals surface area contributed by atoms with E-state index in [0.717, 1.165) is 41.5 Å². The summed E-state index contributed by atoms with van der Waals surface area (Å²) in [6.45, 7) is 7.50. The molecule has 0 saturated heterocycles. The molecule has 1 heterocycles. The molecule has 0 fully saturated rings. The number of carbonyl (C=O) groups is 2. The van der Waals surface area contributed by atoms with Crippen LogP contribution >= 0.6 is 0 Å². The van der Waals surface area contributed by atoms with Crippen LogP contribution < -0.4 is 5.32 Å². The molecule has 1 aromatic heterocycles. The average Bonchev–Trinajstić information content (AvgIpc) is 2.74. The number of hydrogen-bond donors (Lipinski definition) is 1. The first kappa shape index (κ1) is 18.3. The number of benzene rings is 2. The van der Waals surface area contributed by atoms with Crippen molar-refractivity contribution in [2.24, 2.45) is 0 Å². The van der Waals surface area contributed by atoms with Crippen LogP contribution in [0.15, 0.2) is 48.7 Å². The van der Waals surface area contributed by atoms with Gasteiger partial charge in [0.15, 0.2) is 0 Å². The van der Waals surface area contributed by atoms with Gasteiger partial charge in [-0.25, -0.2) is 0 Å². The second-order valence-corrected chi connectivity index (χ2v) is 6.91. The molecular weight excluding hydrogens is 350 g/mol. The van der Waals surface area contributed by atoms with Crippen LogP contribution in [0, 0.1) is 0 Å². The quantitative estimate of drug-likeness (QED) is 0.562. The van der Waals surface area contributed by atoms with Crippen molar-refractivity contribution < 1.29 is 9.59 Å². The largest absolute Gasteiger partial charge is 0.351 e. The summed E-state index contributed by atoms with van der Waals surface area (Å²) in [5.41, 5.74) is 3.43. The second-order valence-electron chi connectivity index (χ2n) is 6.91. The van der Waals surface area contributed by atoms with Crippen LogP contribution in [0.1, 0.15) is 40.3 Å². The van der Waals surface area contributed by atoms with Gasteiger partial charge in [0.1, 0.15) is 5.69 Å². The van der Waals surface area contributed by atoms with Gasteiger partial charge >= 0.3 is 0 Å². The standard InChI is InChI=1S/C23H23N3O2/c1-3-26(4-2)13-12-24-23(28)19-14-25-21-20-16(10-7-11-17(19)20)15-8-5-6-9-18(15)22(21)27/h5-11,14H,3-4,12-13H2,1-2H3,(H,24,28). The Balaban J connectivity index is 1.73. The summed E-state index contributed by atoms with van der Waals surface area (Å²) in [4.78, 5) is 32.4. The zero-order valence-electron chi connectivity index (χ0n) is 16.2. The Morgan fingerprint density at radius 2 is 1.71 bits per heavy atom. The molecule has 0 radical (unpaired) electrons. The maximum absolute atomic E-state index is 12.9. The average molecular weight is 373 g/mol. The highest BCUT2D eigenvalue weighted by molar-refractivity contribution is 6.26. The van der Waals surface area contributed by atoms with Gasteiger partial charge < -0.3 is 10.2 Å². The normalized spacial score (nSPS) is 12.3. The fraction of sp³-hybridized carbons (Fsp3) is 0.261. The molecule has 1 N–H and O–H groups in total. The Morgan fingerprint density at radius 1 is 1.00 bits per heavy atom. The highest BCUT2D eigenvalue weighted by Crippen LogP contribution is 2.39. The second kappa shape index (κ2) is 7.52. The number of ketones is 1. The van der Waals surface area contributed by atoms with Gasteiger partial charge in [0.25, 0.3) is 5.91 Å². The van der Waals surface area contributed by atoms with Crippen molar-refractivity contribution in [1.29, 1.82) is 0 Å². The molecule has 4 rings (SSSR count). The molecule has 0 aliphatic heterocycles. The van der Waals surface area contributed by atoms with Crippen LogP contribution in [-0.2, 0) is 0 Å². The fourth-order valence-electron chi connectivity index (χ4n) is 3.88. The molecule has 2 aromatic carbocycles. The third-order valence-corrected chi connectivity index (χ3v) is 5.44. The van der Waals surface area contributed by atoms with E-state index in [1.807, 2.05) is 42.5 Å². The van der Waals surface area contributed by atoms with E-state index in [0.29, 0.717) is 23.4 Å². The molecule has 28 heavy (non-hydrogen) atoms. The van der Waals surface area contributed by atoms with Crippen LogP contribution in [0.3, 0.4) is 0 Å². The first-order valence-corrected chi connectivity index (χ1v) is 9.72. The number of nitrogens with one attached hydrogen (secondary N) is 1. The molecule has 0 unspecified atom stereocenters. The maximum Gasteiger partial charge on any atom is 0.253 e. The summed E-state index contributed by atoms with van der Waals surface area (Å²) < 4.78 is 0. The zero-order chi connectivity index (χ0) is 19.7. The molecule has 3 aromatic rings. The summed E-state index contributed by atoms with van der Waals surface area (Å²) in [6, 6.07) is 13.4. The minimum atomic E-state index is -0.158. The molecular formula is C23H23N3O2. The van der Waals surface area contributed by atoms with E-state index >= 15 is 0 Å². The van der Waals surface area contributed by atoms with Gasteiger partial charge in [-0.2, -0.15) is 0 Å². The van der Waals surface area contributed by atoms with Crippen molar-refractivity contribution in [1.82, 2.24) is 15.2 Å². The Bertz CT molecular complexity index is 1070. The number of hydrogen-bond acceptors (Lipinski definition) is 4. The minimum absolute atomic E-state index is 0.0900. The molecule has 1 aliphatic carbocycles. The zero-order valence-corrected chi connectivity index (χ0v) is 16.2. The summed E-state index contributed by atoms with van der Waals surface area (Å²) >= 11 is 0. The minimum Gasteiger partial charge on any atom is -0.351 e. The Morgan fingerprint density at radius 3 is 2.46 bits per heavy atom. The number of carbonyl (C=O) groups excluding carboxylic acids is 2. The van der Waals surface area contributed by atoms with Crippen molar-refractivity contribution in [3.8, 4) is 11.1 Å². The molecule has 1 amide bonds. The van der Waals surface area contributed by atoms with E-state index in [-0.39, 0.29) is 11.7 Å². The van der Waals surface area contributed by atoms with E-state index < -0.39 is 0 Å². The highest BCUT2D eigenvalue weighted by Gasteiger charge is 2.27. The number of aromatic nitrogens is 1. The van der Waals surface area contributed by atoms with Gasteiger partial charge in [-0.3, -0.25) is 14.6 Å². The van der Waals surface area contributed by atoms with Crippen LogP contribution in [0.5, 0.6) is 0 Å². The number of nitrogens with zero attached hydrogens (tertiary/aromatic N) is 2. The van der Waals surface area contributed by atoms with Crippen LogP contribution in [0.4, 0.5) is 0 Å². The molecule has 5 nitrogen and oxygen atoms in total. The molecule has 5 heteroatoms. The SMILES string of the molecule is CCN(CC)CCNC(=O)c1cnc2c3c(cccc13)-c1ccccc1C2=O. The lowest BCUT2D eigenvalue weighted by Crippen LogP contribution is -2.35. The molecule has 0 atom stereocenters. The van der Waals surface area contributed by atoms with Crippen LogP contribution in [0.2, 0.25) is 0 Å². The lowest BCUT2D eigenvalue weighted by atomic mass is 9.84. The third kappa shape index (κ3) is 2.98. The monoisotopic (exact) mass is 373 g/mol. The van der Waals surface area contributed by atoms with Crippen molar-refractivity contribution in [3.05, 3.63) is 65.5 Å². The van der Waals surface area contributed by atoms with Crippen molar-refractivity contribution in [3.63, 3.8) is 0 Å². The lowest BCUT2D eigenvalue weighted by Gasteiger charge is -2.20. The first-order chi connectivity index (χ1) is 13.7. The van der Waals surface area contributed by atoms with E-state index in [4.69, 9.17) is 0 Å². The van der Waals surface area contributed by atoms with Gasteiger partial charge in [-0.05, 0) is 29.6 Å². The Labute approximate surface area is 164 Å². The Kier molecular flexibility index (Phi) is 4.92. The molecule has 0 saturated carbocycles. The topological polar surface area (TPSA) is 62.3 Å². The summed E-state index contributed by atoms with van der Waals surface area (Å²) in [5.74, 6) is -0.248. The van der Waals surface area contributed by atoms with Gasteiger partial charge in [0.05, 0.1) is 5.56 Å². The van der Waals surface area contributed by atoms with Gasteiger partial charge in [0.2, 0.25) is 5.78 Å². The van der Waals surface area contributed by atoms with E-state index in [9.17, 15) is 9.59 Å². The molecule has 1 aliphatic rings. The van der Waals surface area contributed by atoms with Gasteiger partial charge in [-0.1, -0.05) is 56.3 Å². The maximum atomic E-state index is 12.9. The molecule has 0 spiro atoms. The first-order valence-electron chi connectivity index (χ1n) is 9.72. The highest BCUT2D eigenvalue weighted by atomic mass is 16.1. The van der Waals surface area contributed by atoms with Crippen molar-refractivity contribution in [2.45, 2.75) is 13.8 Å². The number of likely N-dealkylation sites (N-methyl/N-ethyl adjacent to an activating group) is 1. The predicted octanol–water partition coefficient (Wildman–Crippen LogP) is 3.52. The molecule has 142 valence electrons. The number of amides is 1. The predicted molar refractivity (Wildman–Crippen MR) is 111 cm³/mol. The van der Waals surface area contributed by atoms with E-state index in [2.05, 4.69) is 29.0 Å². The van der Waals surface area contributed by atoms with Crippen molar-refractivity contribution >= 4 is 22.5 Å². The summed E-state index contributed by atoms with van der Waals surface area (Å²) in [7, 11) is 0. The lowest BCUT2D eigenvalue weighted by molar-refractivity contribution is 0.0948. The van der Waals surface area contributed by atoms with Gasteiger partial charge in [-0.15, -0.1) is 0 Å². The summed E-state index contributed by atoms with van der Waals surface area (Å²) in [5, 5.41) is 4.53. The number of rotatable bonds is 6. The van der Waals surface area contributed by atoms with E-state index in [1.165, 1.54) is 6.20 Å². The molecule has 0 bridgehead atoms. The third-order valence-electron chi connectivity index (χ3n) is 5.44. The van der Waals surface area contributed by atoms with Crippen LogP contribution in [-0.4, -0.2) is 47.8 Å². The fourth-order valence-corrected chi connectivity index (χ4v) is 3.88.